The smallest absolute Gasteiger partial charge is 0.253 e. The molecule has 2 aromatic heterocycles. The van der Waals surface area contributed by atoms with E-state index in [9.17, 15) is 30.0 Å². The number of aryl methyl sites for hydroxylation is 1. The number of carbonyl (C=O) groups is 2. The predicted octanol–water partition coefficient (Wildman–Crippen LogP) is 4.24. The van der Waals surface area contributed by atoms with Crippen molar-refractivity contribution in [2.45, 2.75) is 34.6 Å². The number of nitrogens with one attached hydrogen (secondary N) is 3. The number of hydrogen-bond donors (Lipinski definition) is 7. The third-order valence-corrected chi connectivity index (χ3v) is 8.64. The summed E-state index contributed by atoms with van der Waals surface area (Å²) in [6.45, 7) is 13.0. The van der Waals surface area contributed by atoms with Crippen molar-refractivity contribution in [2.24, 2.45) is 0 Å². The zero-order valence-corrected chi connectivity index (χ0v) is 26.6. The number of nitrogens with zero attached hydrogens (tertiary/aromatic N) is 2. The summed E-state index contributed by atoms with van der Waals surface area (Å²) in [5.74, 6) is -3.19. The summed E-state index contributed by atoms with van der Waals surface area (Å²) in [4.78, 5) is 34.6. The molecule has 2 amide bonds. The summed E-state index contributed by atoms with van der Waals surface area (Å²) < 4.78 is 0. The third-order valence-electron chi connectivity index (χ3n) is 7.78. The number of amides is 2. The first-order valence-electron chi connectivity index (χ1n) is 14.4. The average molecular weight is 630 g/mol. The molecule has 11 nitrogen and oxygen atoms in total. The fourth-order valence-corrected chi connectivity index (χ4v) is 6.04. The van der Waals surface area contributed by atoms with Crippen LogP contribution in [0.2, 0.25) is 0 Å². The Labute approximate surface area is 266 Å². The Kier molecular flexibility index (Phi) is 10.3. The number of benzene rings is 2. The average Bonchev–Trinajstić information content (AvgIpc) is 3.61. The minimum absolute atomic E-state index is 0.142. The number of aromatic amines is 1. The van der Waals surface area contributed by atoms with Crippen molar-refractivity contribution >= 4 is 54.3 Å². The lowest BCUT2D eigenvalue weighted by Gasteiger charge is -2.18. The van der Waals surface area contributed by atoms with Crippen LogP contribution < -0.4 is 16.1 Å². The fourth-order valence-electron chi connectivity index (χ4n) is 5.17. The van der Waals surface area contributed by atoms with Crippen LogP contribution in [0.3, 0.4) is 0 Å². The van der Waals surface area contributed by atoms with Gasteiger partial charge < -0.3 is 40.9 Å². The fraction of sp³-hybridized carbons (Fsp3) is 0.281. The molecule has 4 aromatic rings. The van der Waals surface area contributed by atoms with Gasteiger partial charge in [0.1, 0.15) is 18.6 Å². The van der Waals surface area contributed by atoms with Crippen molar-refractivity contribution in [3.05, 3.63) is 51.7 Å². The van der Waals surface area contributed by atoms with Gasteiger partial charge in [0, 0.05) is 46.7 Å². The van der Waals surface area contributed by atoms with Crippen LogP contribution in [0.1, 0.15) is 53.6 Å². The van der Waals surface area contributed by atoms with Crippen LogP contribution >= 0.6 is 11.3 Å². The van der Waals surface area contributed by atoms with E-state index in [-0.39, 0.29) is 16.5 Å². The van der Waals surface area contributed by atoms with Crippen molar-refractivity contribution in [1.82, 2.24) is 20.2 Å². The predicted molar refractivity (Wildman–Crippen MR) is 179 cm³/mol. The first kappa shape index (κ1) is 33.2. The van der Waals surface area contributed by atoms with Crippen molar-refractivity contribution < 1.29 is 30.0 Å². The monoisotopic (exact) mass is 629 g/mol. The number of allylic oxidation sites excluding steroid dienone is 1. The molecular weight excluding hydrogens is 593 g/mol. The van der Waals surface area contributed by atoms with Gasteiger partial charge >= 0.3 is 0 Å². The number of aromatic nitrogens is 2. The van der Waals surface area contributed by atoms with Gasteiger partial charge in [-0.25, -0.2) is 4.98 Å². The molecule has 0 aliphatic rings. The standard InChI is InChI=1S/C32H36BN5O6S/c1-6-38(7-2)11-10-34-31(44)24-17(4)22(36-18(24)5)12-16(3)20-13-19(8-9-21(20)35-15-39)23-14-45-32(37-23)25-27(40)26(33)29(42)30(43)28(25)41/h8-9,12-15,36,40-43H,6-7,10-11H2,1-5H3,(H,34,44)(H,35,39)/b16-12+. The topological polar surface area (TPSA) is 171 Å². The summed E-state index contributed by atoms with van der Waals surface area (Å²) in [6, 6.07) is 5.33. The third kappa shape index (κ3) is 6.69. The molecule has 45 heavy (non-hydrogen) atoms. The van der Waals surface area contributed by atoms with Crippen LogP contribution in [-0.4, -0.2) is 81.6 Å². The van der Waals surface area contributed by atoms with Gasteiger partial charge in [-0.3, -0.25) is 9.59 Å². The van der Waals surface area contributed by atoms with Gasteiger partial charge in [-0.05, 0) is 68.7 Å². The van der Waals surface area contributed by atoms with Crippen LogP contribution in [0, 0.1) is 13.8 Å². The molecule has 0 saturated heterocycles. The second-order valence-corrected chi connectivity index (χ2v) is 11.4. The molecular formula is C32H36BN5O6S. The molecule has 234 valence electrons. The van der Waals surface area contributed by atoms with Gasteiger partial charge in [-0.15, -0.1) is 11.3 Å². The minimum Gasteiger partial charge on any atom is -0.508 e. The molecule has 0 spiro atoms. The molecule has 0 unspecified atom stereocenters. The van der Waals surface area contributed by atoms with E-state index in [0.29, 0.717) is 41.0 Å². The number of anilines is 1. The molecule has 2 radical (unpaired) electrons. The molecule has 0 atom stereocenters. The number of carbonyl (C=O) groups excluding carboxylic acids is 2. The molecule has 13 heteroatoms. The number of aromatic hydroxyl groups is 4. The maximum Gasteiger partial charge on any atom is 0.253 e. The number of phenols is 4. The summed E-state index contributed by atoms with van der Waals surface area (Å²) in [6.07, 6.45) is 2.50. The first-order chi connectivity index (χ1) is 21.4. The zero-order chi connectivity index (χ0) is 33.0. The van der Waals surface area contributed by atoms with E-state index in [1.807, 2.05) is 32.9 Å². The number of H-pyrrole nitrogens is 1. The highest BCUT2D eigenvalue weighted by atomic mass is 32.1. The molecule has 2 heterocycles. The molecule has 4 rings (SSSR count). The van der Waals surface area contributed by atoms with Gasteiger partial charge in [-0.2, -0.15) is 0 Å². The molecule has 0 saturated carbocycles. The van der Waals surface area contributed by atoms with E-state index in [1.54, 1.807) is 17.5 Å². The van der Waals surface area contributed by atoms with E-state index in [2.05, 4.69) is 39.3 Å². The highest BCUT2D eigenvalue weighted by Gasteiger charge is 2.24. The van der Waals surface area contributed by atoms with Crippen molar-refractivity contribution in [3.63, 3.8) is 0 Å². The Bertz CT molecular complexity index is 1750. The Morgan fingerprint density at radius 3 is 2.47 bits per heavy atom. The van der Waals surface area contributed by atoms with Gasteiger partial charge in [-0.1, -0.05) is 19.9 Å². The Morgan fingerprint density at radius 2 is 1.80 bits per heavy atom. The van der Waals surface area contributed by atoms with Crippen LogP contribution in [0.15, 0.2) is 23.6 Å². The van der Waals surface area contributed by atoms with E-state index < -0.39 is 28.5 Å². The van der Waals surface area contributed by atoms with Gasteiger partial charge in [0.25, 0.3) is 5.91 Å². The van der Waals surface area contributed by atoms with Crippen molar-refractivity contribution in [2.75, 3.05) is 31.5 Å². The number of hydrogen-bond acceptors (Lipinski definition) is 9. The van der Waals surface area contributed by atoms with Crippen molar-refractivity contribution in [3.8, 4) is 44.8 Å². The number of likely N-dealkylation sites (N-methyl/N-ethyl adjacent to an activating group) is 1. The van der Waals surface area contributed by atoms with Gasteiger partial charge in [0.15, 0.2) is 11.5 Å². The maximum absolute atomic E-state index is 13.1. The Morgan fingerprint density at radius 1 is 1.09 bits per heavy atom. The summed E-state index contributed by atoms with van der Waals surface area (Å²) >= 11 is 1.09. The normalized spacial score (nSPS) is 11.6. The van der Waals surface area contributed by atoms with Gasteiger partial charge in [0.05, 0.1) is 16.8 Å². The highest BCUT2D eigenvalue weighted by Crippen LogP contribution is 2.47. The Hall–Kier alpha value is -4.75. The molecule has 0 aliphatic heterocycles. The maximum atomic E-state index is 13.1. The Balaban J connectivity index is 1.67. The molecule has 2 aromatic carbocycles. The van der Waals surface area contributed by atoms with Crippen LogP contribution in [0.5, 0.6) is 23.0 Å². The number of thiazole rings is 1. The highest BCUT2D eigenvalue weighted by molar-refractivity contribution is 7.13. The summed E-state index contributed by atoms with van der Waals surface area (Å²) in [5, 5.41) is 48.3. The second kappa shape index (κ2) is 13.9. The molecule has 7 N–H and O–H groups in total. The second-order valence-electron chi connectivity index (χ2n) is 10.5. The van der Waals surface area contributed by atoms with Crippen molar-refractivity contribution in [1.29, 1.82) is 0 Å². The lowest BCUT2D eigenvalue weighted by Crippen LogP contribution is -2.35. The van der Waals surface area contributed by atoms with Crippen LogP contribution in [0.4, 0.5) is 5.69 Å². The summed E-state index contributed by atoms with van der Waals surface area (Å²) in [5.41, 5.74) is 5.40. The summed E-state index contributed by atoms with van der Waals surface area (Å²) in [7, 11) is 5.69. The van der Waals surface area contributed by atoms with E-state index in [4.69, 9.17) is 7.85 Å². The lowest BCUT2D eigenvalue weighted by atomic mass is 9.90. The minimum atomic E-state index is -0.862. The quantitative estimate of drug-likeness (QED) is 0.0528. The lowest BCUT2D eigenvalue weighted by molar-refractivity contribution is -0.105. The van der Waals surface area contributed by atoms with Crippen LogP contribution in [-0.2, 0) is 4.79 Å². The zero-order valence-electron chi connectivity index (χ0n) is 25.8. The molecule has 0 fully saturated rings. The number of rotatable bonds is 12. The first-order valence-corrected chi connectivity index (χ1v) is 15.2. The number of phenolic OH excluding ortho intramolecular Hbond substituents is 4. The van der Waals surface area contributed by atoms with Crippen LogP contribution in [0.25, 0.3) is 33.5 Å². The van der Waals surface area contributed by atoms with E-state index in [1.165, 1.54) is 0 Å². The van der Waals surface area contributed by atoms with Gasteiger partial charge in [0.2, 0.25) is 12.2 Å². The van der Waals surface area contributed by atoms with E-state index >= 15 is 0 Å². The van der Waals surface area contributed by atoms with E-state index in [0.717, 1.165) is 53.5 Å². The largest absolute Gasteiger partial charge is 0.508 e. The molecule has 0 aliphatic carbocycles. The SMILES string of the molecule is [B]c1c(O)c(O)c(O)c(-c2nc(-c3ccc(NC=O)c(/C(C)=C/c4[nH]c(C)c(C(=O)NCCN(CC)CC)c4C)c3)cs2)c1O. The molecule has 0 bridgehead atoms.